The van der Waals surface area contributed by atoms with Gasteiger partial charge in [-0.15, -0.1) is 0 Å². The van der Waals surface area contributed by atoms with Crippen LogP contribution in [0.2, 0.25) is 0 Å². The molecule has 0 saturated carbocycles. The maximum absolute atomic E-state index is 12.8. The Labute approximate surface area is 155 Å². The Bertz CT molecular complexity index is 1160. The van der Waals surface area contributed by atoms with Crippen molar-refractivity contribution in [2.24, 2.45) is 0 Å². The highest BCUT2D eigenvalue weighted by molar-refractivity contribution is 6.06. The Morgan fingerprint density at radius 2 is 1.85 bits per heavy atom. The number of hydrogen-bond acceptors (Lipinski definition) is 3. The minimum atomic E-state index is -0.302. The minimum absolute atomic E-state index is 0.256. The quantitative estimate of drug-likeness (QED) is 0.588. The average molecular weight is 358 g/mol. The molecule has 6 nitrogen and oxygen atoms in total. The second-order valence-corrected chi connectivity index (χ2v) is 6.34. The van der Waals surface area contributed by atoms with E-state index in [1.807, 2.05) is 61.7 Å². The Hall–Kier alpha value is -3.67. The SMILES string of the molecule is CC(NC(=O)c1cc(=O)[nH]c2ccccc12)c1cnn(-c2ccccc2)c1. The monoisotopic (exact) mass is 358 g/mol. The number of nitrogens with zero attached hydrogens (tertiary/aromatic N) is 2. The lowest BCUT2D eigenvalue weighted by molar-refractivity contribution is 0.0941. The summed E-state index contributed by atoms with van der Waals surface area (Å²) in [5.41, 5.74) is 2.52. The lowest BCUT2D eigenvalue weighted by Gasteiger charge is -2.13. The molecule has 1 unspecified atom stereocenters. The number of aromatic nitrogens is 3. The van der Waals surface area contributed by atoms with Crippen LogP contribution in [0.5, 0.6) is 0 Å². The molecular weight excluding hydrogens is 340 g/mol. The van der Waals surface area contributed by atoms with Crippen molar-refractivity contribution in [3.8, 4) is 5.69 Å². The zero-order valence-electron chi connectivity index (χ0n) is 14.7. The van der Waals surface area contributed by atoms with E-state index >= 15 is 0 Å². The van der Waals surface area contributed by atoms with Crippen LogP contribution in [0.1, 0.15) is 28.9 Å². The third kappa shape index (κ3) is 3.37. The molecule has 1 amide bonds. The van der Waals surface area contributed by atoms with Crippen LogP contribution in [0.25, 0.3) is 16.6 Å². The molecule has 4 rings (SSSR count). The van der Waals surface area contributed by atoms with Gasteiger partial charge in [-0.05, 0) is 25.1 Å². The fourth-order valence-electron chi connectivity index (χ4n) is 3.03. The summed E-state index contributed by atoms with van der Waals surface area (Å²) in [4.78, 5) is 27.4. The maximum atomic E-state index is 12.8. The Morgan fingerprint density at radius 1 is 1.11 bits per heavy atom. The molecule has 2 heterocycles. The first-order valence-corrected chi connectivity index (χ1v) is 8.65. The highest BCUT2D eigenvalue weighted by atomic mass is 16.2. The van der Waals surface area contributed by atoms with Gasteiger partial charge >= 0.3 is 0 Å². The third-order valence-corrected chi connectivity index (χ3v) is 4.47. The molecule has 0 aliphatic heterocycles. The van der Waals surface area contributed by atoms with E-state index < -0.39 is 0 Å². The van der Waals surface area contributed by atoms with Gasteiger partial charge in [-0.2, -0.15) is 5.10 Å². The van der Waals surface area contributed by atoms with Gasteiger partial charge in [0.25, 0.3) is 5.91 Å². The van der Waals surface area contributed by atoms with Gasteiger partial charge in [-0.25, -0.2) is 4.68 Å². The number of aromatic amines is 1. The van der Waals surface area contributed by atoms with E-state index in [9.17, 15) is 9.59 Å². The van der Waals surface area contributed by atoms with E-state index in [1.165, 1.54) is 6.07 Å². The highest BCUT2D eigenvalue weighted by Crippen LogP contribution is 2.18. The number of para-hydroxylation sites is 2. The molecular formula is C21H18N4O2. The van der Waals surface area contributed by atoms with E-state index in [1.54, 1.807) is 16.9 Å². The molecule has 4 aromatic rings. The number of H-pyrrole nitrogens is 1. The molecule has 0 bridgehead atoms. The summed E-state index contributed by atoms with van der Waals surface area (Å²) in [5, 5.41) is 8.02. The van der Waals surface area contributed by atoms with E-state index in [0.29, 0.717) is 16.5 Å². The summed E-state index contributed by atoms with van der Waals surface area (Å²) < 4.78 is 1.76. The van der Waals surface area contributed by atoms with Crippen molar-refractivity contribution in [2.75, 3.05) is 0 Å². The number of amides is 1. The third-order valence-electron chi connectivity index (χ3n) is 4.47. The predicted molar refractivity (Wildman–Crippen MR) is 104 cm³/mol. The molecule has 0 spiro atoms. The van der Waals surface area contributed by atoms with Gasteiger partial charge in [-0.1, -0.05) is 36.4 Å². The highest BCUT2D eigenvalue weighted by Gasteiger charge is 2.16. The number of hydrogen-bond donors (Lipinski definition) is 2. The normalized spacial score (nSPS) is 12.0. The number of carbonyl (C=O) groups excluding carboxylic acids is 1. The lowest BCUT2D eigenvalue weighted by atomic mass is 10.1. The summed E-state index contributed by atoms with van der Waals surface area (Å²) in [5.74, 6) is -0.294. The van der Waals surface area contributed by atoms with Gasteiger partial charge in [0.1, 0.15) is 0 Å². The Kier molecular flexibility index (Phi) is 4.30. The van der Waals surface area contributed by atoms with Crippen molar-refractivity contribution in [3.05, 3.63) is 94.5 Å². The first-order chi connectivity index (χ1) is 13.1. The van der Waals surface area contributed by atoms with Crippen LogP contribution < -0.4 is 10.9 Å². The van der Waals surface area contributed by atoms with Crippen molar-refractivity contribution in [2.45, 2.75) is 13.0 Å². The number of rotatable bonds is 4. The number of carbonyl (C=O) groups is 1. The summed E-state index contributed by atoms with van der Waals surface area (Å²) in [6.07, 6.45) is 3.62. The Balaban J connectivity index is 1.59. The second-order valence-electron chi connectivity index (χ2n) is 6.34. The first-order valence-electron chi connectivity index (χ1n) is 8.65. The fourth-order valence-corrected chi connectivity index (χ4v) is 3.03. The fraction of sp³-hybridized carbons (Fsp3) is 0.0952. The van der Waals surface area contributed by atoms with Gasteiger partial charge in [0.15, 0.2) is 0 Å². The van der Waals surface area contributed by atoms with Gasteiger partial charge in [0.05, 0.1) is 23.5 Å². The number of benzene rings is 2. The topological polar surface area (TPSA) is 79.8 Å². The van der Waals surface area contributed by atoms with Crippen molar-refractivity contribution in [1.29, 1.82) is 0 Å². The molecule has 2 N–H and O–H groups in total. The molecule has 0 radical (unpaired) electrons. The summed E-state index contributed by atoms with van der Waals surface area (Å²) in [6.45, 7) is 1.89. The van der Waals surface area contributed by atoms with E-state index in [4.69, 9.17) is 0 Å². The smallest absolute Gasteiger partial charge is 0.252 e. The number of fused-ring (bicyclic) bond motifs is 1. The lowest BCUT2D eigenvalue weighted by Crippen LogP contribution is -2.27. The maximum Gasteiger partial charge on any atom is 0.252 e. The van der Waals surface area contributed by atoms with Gasteiger partial charge < -0.3 is 10.3 Å². The van der Waals surface area contributed by atoms with Crippen molar-refractivity contribution >= 4 is 16.8 Å². The van der Waals surface area contributed by atoms with Crippen LogP contribution >= 0.6 is 0 Å². The zero-order chi connectivity index (χ0) is 18.8. The van der Waals surface area contributed by atoms with E-state index in [0.717, 1.165) is 11.3 Å². The first kappa shape index (κ1) is 16.8. The summed E-state index contributed by atoms with van der Waals surface area (Å²) in [6, 6.07) is 18.1. The van der Waals surface area contributed by atoms with E-state index in [2.05, 4.69) is 15.4 Å². The van der Waals surface area contributed by atoms with Crippen LogP contribution in [0, 0.1) is 0 Å². The minimum Gasteiger partial charge on any atom is -0.345 e. The predicted octanol–water partition coefficient (Wildman–Crippen LogP) is 3.20. The molecule has 1 atom stereocenters. The standard InChI is InChI=1S/C21H18N4O2/c1-14(15-12-22-25(13-15)16-7-3-2-4-8-16)23-21(27)18-11-20(26)24-19-10-6-5-9-17(18)19/h2-14H,1H3,(H,23,27)(H,24,26). The largest absolute Gasteiger partial charge is 0.345 e. The molecule has 2 aromatic carbocycles. The summed E-state index contributed by atoms with van der Waals surface area (Å²) >= 11 is 0. The number of nitrogens with one attached hydrogen (secondary N) is 2. The van der Waals surface area contributed by atoms with Gasteiger partial charge in [0, 0.05) is 28.7 Å². The Morgan fingerprint density at radius 3 is 2.67 bits per heavy atom. The van der Waals surface area contributed by atoms with Crippen molar-refractivity contribution in [3.63, 3.8) is 0 Å². The van der Waals surface area contributed by atoms with Crippen molar-refractivity contribution < 1.29 is 4.79 Å². The molecule has 0 fully saturated rings. The van der Waals surface area contributed by atoms with Crippen LogP contribution in [-0.2, 0) is 0 Å². The van der Waals surface area contributed by atoms with Gasteiger partial charge in [-0.3, -0.25) is 9.59 Å². The van der Waals surface area contributed by atoms with Crippen LogP contribution in [0.15, 0.2) is 77.9 Å². The van der Waals surface area contributed by atoms with E-state index in [-0.39, 0.29) is 17.5 Å². The van der Waals surface area contributed by atoms with Crippen LogP contribution in [0.3, 0.4) is 0 Å². The van der Waals surface area contributed by atoms with Crippen LogP contribution in [-0.4, -0.2) is 20.7 Å². The second kappa shape index (κ2) is 6.92. The average Bonchev–Trinajstić information content (AvgIpc) is 3.18. The zero-order valence-corrected chi connectivity index (χ0v) is 14.7. The molecule has 0 aliphatic carbocycles. The molecule has 2 aromatic heterocycles. The molecule has 0 saturated heterocycles. The molecule has 134 valence electrons. The molecule has 6 heteroatoms. The molecule has 27 heavy (non-hydrogen) atoms. The van der Waals surface area contributed by atoms with Gasteiger partial charge in [0.2, 0.25) is 5.56 Å². The summed E-state index contributed by atoms with van der Waals surface area (Å²) in [7, 11) is 0. The molecule has 0 aliphatic rings. The van der Waals surface area contributed by atoms with Crippen molar-refractivity contribution in [1.82, 2.24) is 20.1 Å². The number of pyridine rings is 1. The van der Waals surface area contributed by atoms with Crippen LogP contribution in [0.4, 0.5) is 0 Å².